The van der Waals surface area contributed by atoms with Crippen molar-refractivity contribution in [1.82, 2.24) is 10.1 Å². The smallest absolute Gasteiger partial charge is 0.270 e. The molecule has 2 heterocycles. The molecule has 21 heavy (non-hydrogen) atoms. The number of benzene rings is 1. The average Bonchev–Trinajstić information content (AvgIpc) is 2.98. The van der Waals surface area contributed by atoms with Crippen molar-refractivity contribution < 1.29 is 14.2 Å². The van der Waals surface area contributed by atoms with Crippen LogP contribution in [0.3, 0.4) is 0 Å². The number of nitrogen functional groups attached to an aromatic ring is 1. The molecule has 1 fully saturated rings. The second-order valence-electron chi connectivity index (χ2n) is 4.90. The largest absolute Gasteiger partial charge is 0.398 e. The van der Waals surface area contributed by atoms with Gasteiger partial charge in [0.15, 0.2) is 5.82 Å². The molecule has 1 unspecified atom stereocenters. The molecule has 1 atom stereocenters. The molecular weight excluding hydrogens is 276 g/mol. The summed E-state index contributed by atoms with van der Waals surface area (Å²) in [5.41, 5.74) is 6.50. The molecule has 0 aliphatic carbocycles. The monoisotopic (exact) mass is 290 g/mol. The van der Waals surface area contributed by atoms with E-state index in [1.807, 2.05) is 0 Å². The molecule has 1 aromatic carbocycles. The van der Waals surface area contributed by atoms with Crippen molar-refractivity contribution >= 4 is 11.4 Å². The van der Waals surface area contributed by atoms with Gasteiger partial charge in [0.05, 0.1) is 17.1 Å². The zero-order valence-electron chi connectivity index (χ0n) is 11.2. The molecule has 1 saturated heterocycles. The van der Waals surface area contributed by atoms with Crippen LogP contribution >= 0.6 is 0 Å². The Morgan fingerprint density at radius 1 is 1.43 bits per heavy atom. The highest BCUT2D eigenvalue weighted by Gasteiger charge is 2.23. The Hall–Kier alpha value is -2.48. The molecule has 0 bridgehead atoms. The zero-order chi connectivity index (χ0) is 14.8. The van der Waals surface area contributed by atoms with Crippen LogP contribution in [0.25, 0.3) is 11.5 Å². The predicted octanol–water partition coefficient (Wildman–Crippen LogP) is 2.12. The third-order valence-electron chi connectivity index (χ3n) is 3.45. The maximum atomic E-state index is 10.8. The van der Waals surface area contributed by atoms with Gasteiger partial charge in [0.1, 0.15) is 0 Å². The lowest BCUT2D eigenvalue weighted by Gasteiger charge is -2.18. The molecule has 2 aromatic rings. The van der Waals surface area contributed by atoms with Gasteiger partial charge in [0.25, 0.3) is 11.6 Å². The number of non-ortho nitro benzene ring substituents is 1. The Morgan fingerprint density at radius 3 is 3.00 bits per heavy atom. The van der Waals surface area contributed by atoms with Crippen molar-refractivity contribution in [2.75, 3.05) is 18.9 Å². The third-order valence-corrected chi connectivity index (χ3v) is 3.45. The summed E-state index contributed by atoms with van der Waals surface area (Å²) in [6, 6.07) is 4.14. The zero-order valence-corrected chi connectivity index (χ0v) is 11.2. The standard InChI is InChI=1S/C13H14N4O4/c14-11-4-3-9(17(18)19)6-10(11)13-15-12(16-21-13)8-2-1-5-20-7-8/h3-4,6,8H,1-2,5,7,14H2. The summed E-state index contributed by atoms with van der Waals surface area (Å²) in [6.07, 6.45) is 1.89. The first kappa shape index (κ1) is 13.5. The number of nitrogens with zero attached hydrogens (tertiary/aromatic N) is 3. The van der Waals surface area contributed by atoms with Crippen LogP contribution in [0.2, 0.25) is 0 Å². The highest BCUT2D eigenvalue weighted by molar-refractivity contribution is 5.73. The highest BCUT2D eigenvalue weighted by Crippen LogP contribution is 2.30. The second-order valence-corrected chi connectivity index (χ2v) is 4.90. The SMILES string of the molecule is Nc1ccc([N+](=O)[O-])cc1-c1nc(C2CCCOC2)no1. The van der Waals surface area contributed by atoms with Crippen LogP contribution in [0.15, 0.2) is 22.7 Å². The minimum absolute atomic E-state index is 0.0695. The van der Waals surface area contributed by atoms with Crippen molar-refractivity contribution in [2.24, 2.45) is 0 Å². The van der Waals surface area contributed by atoms with Gasteiger partial charge in [-0.3, -0.25) is 10.1 Å². The maximum absolute atomic E-state index is 10.8. The number of anilines is 1. The minimum Gasteiger partial charge on any atom is -0.398 e. The Morgan fingerprint density at radius 2 is 2.29 bits per heavy atom. The number of nitro groups is 1. The Balaban J connectivity index is 1.92. The summed E-state index contributed by atoms with van der Waals surface area (Å²) in [4.78, 5) is 14.6. The predicted molar refractivity (Wildman–Crippen MR) is 73.6 cm³/mol. The molecule has 1 aliphatic rings. The van der Waals surface area contributed by atoms with Crippen molar-refractivity contribution in [3.63, 3.8) is 0 Å². The first-order valence-corrected chi connectivity index (χ1v) is 6.61. The van der Waals surface area contributed by atoms with E-state index >= 15 is 0 Å². The van der Waals surface area contributed by atoms with Crippen molar-refractivity contribution in [1.29, 1.82) is 0 Å². The number of aromatic nitrogens is 2. The molecule has 110 valence electrons. The third kappa shape index (κ3) is 2.70. The van der Waals surface area contributed by atoms with Crippen molar-refractivity contribution in [2.45, 2.75) is 18.8 Å². The Bertz CT molecular complexity index is 664. The summed E-state index contributed by atoms with van der Waals surface area (Å²) in [7, 11) is 0. The molecule has 0 amide bonds. The van der Waals surface area contributed by atoms with Gasteiger partial charge in [0.2, 0.25) is 0 Å². The maximum Gasteiger partial charge on any atom is 0.270 e. The normalized spacial score (nSPS) is 18.6. The summed E-state index contributed by atoms with van der Waals surface area (Å²) >= 11 is 0. The lowest BCUT2D eigenvalue weighted by atomic mass is 10.0. The van der Waals surface area contributed by atoms with E-state index in [1.165, 1.54) is 18.2 Å². The number of hydrogen-bond acceptors (Lipinski definition) is 7. The van der Waals surface area contributed by atoms with Crippen LogP contribution in [0, 0.1) is 10.1 Å². The molecule has 2 N–H and O–H groups in total. The van der Waals surface area contributed by atoms with Crippen LogP contribution in [-0.4, -0.2) is 28.3 Å². The van der Waals surface area contributed by atoms with Gasteiger partial charge >= 0.3 is 0 Å². The molecule has 1 aromatic heterocycles. The van der Waals surface area contributed by atoms with E-state index < -0.39 is 4.92 Å². The summed E-state index contributed by atoms with van der Waals surface area (Å²) in [5, 5.41) is 14.8. The van der Waals surface area contributed by atoms with E-state index in [1.54, 1.807) is 0 Å². The highest BCUT2D eigenvalue weighted by atomic mass is 16.6. The van der Waals surface area contributed by atoms with E-state index in [4.69, 9.17) is 15.0 Å². The fourth-order valence-corrected chi connectivity index (χ4v) is 2.30. The number of hydrogen-bond donors (Lipinski definition) is 1. The molecule has 1 aliphatic heterocycles. The lowest BCUT2D eigenvalue weighted by molar-refractivity contribution is -0.384. The van der Waals surface area contributed by atoms with Gasteiger partial charge in [-0.25, -0.2) is 0 Å². The number of rotatable bonds is 3. The average molecular weight is 290 g/mol. The minimum atomic E-state index is -0.491. The van der Waals surface area contributed by atoms with Gasteiger partial charge in [-0.2, -0.15) is 4.98 Å². The van der Waals surface area contributed by atoms with Crippen molar-refractivity contribution in [3.05, 3.63) is 34.1 Å². The molecular formula is C13H14N4O4. The van der Waals surface area contributed by atoms with Gasteiger partial charge < -0.3 is 15.0 Å². The van der Waals surface area contributed by atoms with Crippen LogP contribution in [-0.2, 0) is 4.74 Å². The number of nitrogens with two attached hydrogens (primary N) is 1. The van der Waals surface area contributed by atoms with Crippen LogP contribution in [0.5, 0.6) is 0 Å². The lowest BCUT2D eigenvalue weighted by Crippen LogP contribution is -2.16. The first-order chi connectivity index (χ1) is 10.1. The van der Waals surface area contributed by atoms with E-state index in [0.29, 0.717) is 23.7 Å². The molecule has 3 rings (SSSR count). The Labute approximate surface area is 120 Å². The summed E-state index contributed by atoms with van der Waals surface area (Å²) < 4.78 is 10.6. The van der Waals surface area contributed by atoms with Gasteiger partial charge in [-0.15, -0.1) is 0 Å². The van der Waals surface area contributed by atoms with Crippen molar-refractivity contribution in [3.8, 4) is 11.5 Å². The topological polar surface area (TPSA) is 117 Å². The first-order valence-electron chi connectivity index (χ1n) is 6.61. The van der Waals surface area contributed by atoms with Crippen LogP contribution in [0.1, 0.15) is 24.6 Å². The Kier molecular flexibility index (Phi) is 3.53. The van der Waals surface area contributed by atoms with Gasteiger partial charge in [0, 0.05) is 30.3 Å². The van der Waals surface area contributed by atoms with E-state index in [0.717, 1.165) is 19.4 Å². The summed E-state index contributed by atoms with van der Waals surface area (Å²) in [6.45, 7) is 1.31. The fraction of sp³-hybridized carbons (Fsp3) is 0.385. The summed E-state index contributed by atoms with van der Waals surface area (Å²) in [5.74, 6) is 0.837. The van der Waals surface area contributed by atoms with E-state index in [9.17, 15) is 10.1 Å². The quantitative estimate of drug-likeness (QED) is 0.522. The van der Waals surface area contributed by atoms with E-state index in [-0.39, 0.29) is 17.5 Å². The second kappa shape index (κ2) is 5.49. The van der Waals surface area contributed by atoms with Gasteiger partial charge in [-0.1, -0.05) is 5.16 Å². The molecule has 8 heteroatoms. The number of nitro benzene ring substituents is 1. The van der Waals surface area contributed by atoms with Crippen LogP contribution in [0.4, 0.5) is 11.4 Å². The molecule has 0 saturated carbocycles. The molecule has 8 nitrogen and oxygen atoms in total. The van der Waals surface area contributed by atoms with Crippen LogP contribution < -0.4 is 5.73 Å². The fourth-order valence-electron chi connectivity index (χ4n) is 2.30. The molecule has 0 radical (unpaired) electrons. The molecule has 0 spiro atoms. The van der Waals surface area contributed by atoms with Gasteiger partial charge in [-0.05, 0) is 18.9 Å². The van der Waals surface area contributed by atoms with E-state index in [2.05, 4.69) is 10.1 Å². The number of ether oxygens (including phenoxy) is 1.